The minimum Gasteiger partial charge on any atom is -0.318 e. The molecule has 5 heteroatoms. The van der Waals surface area contributed by atoms with Crippen LogP contribution in [-0.4, -0.2) is 22.4 Å². The summed E-state index contributed by atoms with van der Waals surface area (Å²) in [6.45, 7) is 8.40. The molecular formula is C24H27N3OS. The standard InChI is InChI=1S/C24H27N3OS/c1-17-10-11-23(12-18(17)2)27-19(3)13-22(20(27)4)14-25-26-24(28)16-29-15-21-8-6-5-7-9-21/h5-14H,15-16H2,1-4H3,(H,26,28). The van der Waals surface area contributed by atoms with E-state index in [1.165, 1.54) is 16.7 Å². The molecule has 0 atom stereocenters. The molecule has 0 fully saturated rings. The Balaban J connectivity index is 1.59. The number of nitrogens with one attached hydrogen (secondary N) is 1. The molecule has 1 N–H and O–H groups in total. The van der Waals surface area contributed by atoms with E-state index in [9.17, 15) is 4.79 Å². The van der Waals surface area contributed by atoms with Gasteiger partial charge in [0.05, 0.1) is 12.0 Å². The van der Waals surface area contributed by atoms with Crippen molar-refractivity contribution in [1.82, 2.24) is 9.99 Å². The summed E-state index contributed by atoms with van der Waals surface area (Å²) in [5.41, 5.74) is 10.8. The summed E-state index contributed by atoms with van der Waals surface area (Å²) < 4.78 is 2.21. The topological polar surface area (TPSA) is 46.4 Å². The molecule has 150 valence electrons. The lowest BCUT2D eigenvalue weighted by Crippen LogP contribution is -2.19. The summed E-state index contributed by atoms with van der Waals surface area (Å²) in [4.78, 5) is 12.0. The summed E-state index contributed by atoms with van der Waals surface area (Å²) in [7, 11) is 0. The second kappa shape index (κ2) is 9.61. The molecule has 0 saturated carbocycles. The molecule has 1 aromatic heterocycles. The molecule has 0 aliphatic carbocycles. The number of nitrogens with zero attached hydrogens (tertiary/aromatic N) is 2. The molecule has 4 nitrogen and oxygen atoms in total. The minimum absolute atomic E-state index is 0.0925. The number of carbonyl (C=O) groups is 1. The molecule has 29 heavy (non-hydrogen) atoms. The lowest BCUT2D eigenvalue weighted by Gasteiger charge is -2.11. The van der Waals surface area contributed by atoms with E-state index < -0.39 is 0 Å². The van der Waals surface area contributed by atoms with Gasteiger partial charge in [0.15, 0.2) is 0 Å². The van der Waals surface area contributed by atoms with Crippen molar-refractivity contribution in [1.29, 1.82) is 0 Å². The van der Waals surface area contributed by atoms with E-state index in [0.717, 1.165) is 28.4 Å². The van der Waals surface area contributed by atoms with Crippen LogP contribution in [0, 0.1) is 27.7 Å². The number of hydrogen-bond acceptors (Lipinski definition) is 3. The Kier molecular flexibility index (Phi) is 6.94. The number of thioether (sulfide) groups is 1. The fourth-order valence-electron chi connectivity index (χ4n) is 3.22. The molecule has 0 bridgehead atoms. The van der Waals surface area contributed by atoms with Crippen LogP contribution in [0.5, 0.6) is 0 Å². The number of benzene rings is 2. The maximum Gasteiger partial charge on any atom is 0.250 e. The van der Waals surface area contributed by atoms with Crippen LogP contribution in [-0.2, 0) is 10.5 Å². The Morgan fingerprint density at radius 3 is 2.52 bits per heavy atom. The van der Waals surface area contributed by atoms with E-state index >= 15 is 0 Å². The quantitative estimate of drug-likeness (QED) is 0.439. The third-order valence-electron chi connectivity index (χ3n) is 4.96. The fraction of sp³-hybridized carbons (Fsp3) is 0.250. The average molecular weight is 406 g/mol. The van der Waals surface area contributed by atoms with E-state index in [-0.39, 0.29) is 5.91 Å². The first kappa shape index (κ1) is 20.9. The zero-order valence-corrected chi connectivity index (χ0v) is 18.2. The predicted octanol–water partition coefficient (Wildman–Crippen LogP) is 5.09. The maximum absolute atomic E-state index is 12.0. The van der Waals surface area contributed by atoms with E-state index in [1.54, 1.807) is 18.0 Å². The number of carbonyl (C=O) groups excluding carboxylic acids is 1. The van der Waals surface area contributed by atoms with Gasteiger partial charge in [0.25, 0.3) is 0 Å². The summed E-state index contributed by atoms with van der Waals surface area (Å²) in [5.74, 6) is 1.10. The molecule has 0 spiro atoms. The van der Waals surface area contributed by atoms with Crippen LogP contribution in [0.15, 0.2) is 59.7 Å². The van der Waals surface area contributed by atoms with Crippen molar-refractivity contribution >= 4 is 23.9 Å². The molecule has 0 saturated heterocycles. The van der Waals surface area contributed by atoms with Crippen LogP contribution in [0.1, 0.15) is 33.6 Å². The largest absolute Gasteiger partial charge is 0.318 e. The Hall–Kier alpha value is -2.79. The molecule has 2 aromatic carbocycles. The predicted molar refractivity (Wildman–Crippen MR) is 123 cm³/mol. The highest BCUT2D eigenvalue weighted by Crippen LogP contribution is 2.21. The monoisotopic (exact) mass is 405 g/mol. The SMILES string of the molecule is Cc1ccc(-n2c(C)cc(C=NNC(=O)CSCc3ccccc3)c2C)cc1C. The maximum atomic E-state index is 12.0. The lowest BCUT2D eigenvalue weighted by molar-refractivity contribution is -0.118. The molecule has 0 aliphatic rings. The van der Waals surface area contributed by atoms with E-state index in [1.807, 2.05) is 18.2 Å². The molecule has 1 amide bonds. The van der Waals surface area contributed by atoms with Crippen molar-refractivity contribution in [2.45, 2.75) is 33.4 Å². The van der Waals surface area contributed by atoms with Crippen LogP contribution in [0.25, 0.3) is 5.69 Å². The third-order valence-corrected chi connectivity index (χ3v) is 5.96. The van der Waals surface area contributed by atoms with Crippen molar-refractivity contribution < 1.29 is 4.79 Å². The number of aryl methyl sites for hydroxylation is 3. The number of hydrazone groups is 1. The van der Waals surface area contributed by atoms with E-state index in [0.29, 0.717) is 5.75 Å². The van der Waals surface area contributed by atoms with Crippen molar-refractivity contribution in [2.75, 3.05) is 5.75 Å². The lowest BCUT2D eigenvalue weighted by atomic mass is 10.1. The summed E-state index contributed by atoms with van der Waals surface area (Å²) in [5, 5.41) is 4.16. The Labute approximate surface area is 177 Å². The Bertz CT molecular complexity index is 1020. The second-order valence-corrected chi connectivity index (χ2v) is 8.19. The fourth-order valence-corrected chi connectivity index (χ4v) is 4.00. The smallest absolute Gasteiger partial charge is 0.250 e. The van der Waals surface area contributed by atoms with Gasteiger partial charge in [-0.2, -0.15) is 5.10 Å². The van der Waals surface area contributed by atoms with Crippen LogP contribution < -0.4 is 5.43 Å². The van der Waals surface area contributed by atoms with Gasteiger partial charge in [0, 0.05) is 28.4 Å². The zero-order chi connectivity index (χ0) is 20.8. The van der Waals surface area contributed by atoms with Crippen molar-refractivity contribution in [3.63, 3.8) is 0 Å². The summed E-state index contributed by atoms with van der Waals surface area (Å²) >= 11 is 1.58. The van der Waals surface area contributed by atoms with Crippen LogP contribution in [0.2, 0.25) is 0 Å². The average Bonchev–Trinajstić information content (AvgIpc) is 2.98. The normalized spacial score (nSPS) is 11.2. The highest BCUT2D eigenvalue weighted by molar-refractivity contribution is 7.99. The summed E-state index contributed by atoms with van der Waals surface area (Å²) in [6.07, 6.45) is 1.72. The highest BCUT2D eigenvalue weighted by Gasteiger charge is 2.10. The number of amides is 1. The highest BCUT2D eigenvalue weighted by atomic mass is 32.2. The van der Waals surface area contributed by atoms with Gasteiger partial charge >= 0.3 is 0 Å². The number of rotatable bonds is 7. The Morgan fingerprint density at radius 1 is 1.03 bits per heavy atom. The van der Waals surface area contributed by atoms with Gasteiger partial charge in [-0.1, -0.05) is 36.4 Å². The van der Waals surface area contributed by atoms with Crippen LogP contribution in [0.3, 0.4) is 0 Å². The Morgan fingerprint density at radius 2 is 1.79 bits per heavy atom. The molecule has 0 unspecified atom stereocenters. The molecule has 3 aromatic rings. The molecule has 1 heterocycles. The van der Waals surface area contributed by atoms with Gasteiger partial charge in [0.1, 0.15) is 0 Å². The first-order valence-corrected chi connectivity index (χ1v) is 10.8. The number of hydrogen-bond donors (Lipinski definition) is 1. The van der Waals surface area contributed by atoms with Gasteiger partial charge in [-0.15, -0.1) is 11.8 Å². The summed E-state index contributed by atoms with van der Waals surface area (Å²) in [6, 6.07) is 18.7. The van der Waals surface area contributed by atoms with Gasteiger partial charge in [-0.05, 0) is 62.6 Å². The van der Waals surface area contributed by atoms with Crippen LogP contribution in [0.4, 0.5) is 0 Å². The second-order valence-electron chi connectivity index (χ2n) is 7.20. The molecule has 0 aliphatic heterocycles. The van der Waals surface area contributed by atoms with Crippen molar-refractivity contribution in [3.05, 3.63) is 88.2 Å². The van der Waals surface area contributed by atoms with Crippen molar-refractivity contribution in [3.8, 4) is 5.69 Å². The van der Waals surface area contributed by atoms with Crippen molar-refractivity contribution in [2.24, 2.45) is 5.10 Å². The van der Waals surface area contributed by atoms with Gasteiger partial charge in [-0.25, -0.2) is 5.43 Å². The third kappa shape index (κ3) is 5.39. The minimum atomic E-state index is -0.0925. The van der Waals surface area contributed by atoms with Crippen LogP contribution >= 0.6 is 11.8 Å². The first-order valence-electron chi connectivity index (χ1n) is 9.66. The first-order chi connectivity index (χ1) is 14.0. The van der Waals surface area contributed by atoms with Gasteiger partial charge in [0.2, 0.25) is 5.91 Å². The molecule has 0 radical (unpaired) electrons. The van der Waals surface area contributed by atoms with Gasteiger partial charge in [-0.3, -0.25) is 4.79 Å². The van der Waals surface area contributed by atoms with Gasteiger partial charge < -0.3 is 4.57 Å². The molecule has 3 rings (SSSR count). The van der Waals surface area contributed by atoms with E-state index in [2.05, 4.69) is 79.2 Å². The number of aromatic nitrogens is 1. The molecular weight excluding hydrogens is 378 g/mol. The zero-order valence-electron chi connectivity index (χ0n) is 17.4. The van der Waals surface area contributed by atoms with E-state index in [4.69, 9.17) is 0 Å².